The summed E-state index contributed by atoms with van der Waals surface area (Å²) in [4.78, 5) is 31.6. The zero-order valence-corrected chi connectivity index (χ0v) is 21.3. The summed E-state index contributed by atoms with van der Waals surface area (Å²) >= 11 is 0. The maximum Gasteiger partial charge on any atom is 0.343 e. The molecule has 7 nitrogen and oxygen atoms in total. The van der Waals surface area contributed by atoms with Gasteiger partial charge in [-0.05, 0) is 51.0 Å². The molecule has 0 bridgehead atoms. The third kappa shape index (κ3) is 4.61. The summed E-state index contributed by atoms with van der Waals surface area (Å²) in [5.41, 5.74) is 5.92. The van der Waals surface area contributed by atoms with Gasteiger partial charge in [-0.3, -0.25) is 0 Å². The van der Waals surface area contributed by atoms with E-state index < -0.39 is 5.97 Å². The van der Waals surface area contributed by atoms with E-state index in [2.05, 4.69) is 59.0 Å². The molecule has 2 aromatic carbocycles. The highest BCUT2D eigenvalue weighted by atomic mass is 16.5. The molecule has 0 radical (unpaired) electrons. The summed E-state index contributed by atoms with van der Waals surface area (Å²) in [7, 11) is 0. The van der Waals surface area contributed by atoms with Crippen LogP contribution in [0.4, 0.5) is 11.6 Å². The lowest BCUT2D eigenvalue weighted by Crippen LogP contribution is -2.47. The van der Waals surface area contributed by atoms with Crippen molar-refractivity contribution in [3.05, 3.63) is 77.0 Å². The predicted molar refractivity (Wildman–Crippen MR) is 144 cm³/mol. The van der Waals surface area contributed by atoms with Gasteiger partial charge < -0.3 is 14.5 Å². The number of hydrogen-bond acceptors (Lipinski definition) is 7. The number of aryl methyl sites for hydroxylation is 3. The molecule has 7 heteroatoms. The van der Waals surface area contributed by atoms with Gasteiger partial charge in [0.25, 0.3) is 0 Å². The molecule has 36 heavy (non-hydrogen) atoms. The third-order valence-corrected chi connectivity index (χ3v) is 6.68. The summed E-state index contributed by atoms with van der Waals surface area (Å²) in [6, 6.07) is 16.6. The van der Waals surface area contributed by atoms with E-state index in [9.17, 15) is 4.79 Å². The van der Waals surface area contributed by atoms with Crippen LogP contribution in [0.25, 0.3) is 22.3 Å². The maximum absolute atomic E-state index is 12.7. The normalized spacial score (nSPS) is 13.8. The number of benzene rings is 2. The maximum atomic E-state index is 12.7. The van der Waals surface area contributed by atoms with Crippen molar-refractivity contribution in [3.8, 4) is 11.4 Å². The molecule has 0 amide bonds. The van der Waals surface area contributed by atoms with E-state index in [-0.39, 0.29) is 0 Å². The average molecular weight is 482 g/mol. The van der Waals surface area contributed by atoms with E-state index in [0.717, 1.165) is 35.6 Å². The second kappa shape index (κ2) is 9.93. The molecule has 1 aliphatic rings. The molecule has 5 rings (SSSR count). The number of carbonyl (C=O) groups excluding carboxylic acids is 1. The molecular formula is C29H31N5O2. The van der Waals surface area contributed by atoms with Crippen LogP contribution in [0.5, 0.6) is 0 Å². The van der Waals surface area contributed by atoms with Crippen molar-refractivity contribution < 1.29 is 9.53 Å². The smallest absolute Gasteiger partial charge is 0.343 e. The molecule has 0 N–H and O–H groups in total. The quantitative estimate of drug-likeness (QED) is 0.366. The molecule has 184 valence electrons. The minimum absolute atomic E-state index is 0.304. The number of pyridine rings is 1. The van der Waals surface area contributed by atoms with Crippen molar-refractivity contribution in [3.63, 3.8) is 0 Å². The molecule has 0 unspecified atom stereocenters. The van der Waals surface area contributed by atoms with Crippen LogP contribution in [0.3, 0.4) is 0 Å². The standard InChI is InChI=1S/C29H31N5O2/c1-5-36-29(35)24-18-30-27(22-10-6-8-19(2)16-22)32-28(24)34-14-12-33(13-15-34)25-17-21(4)23-11-7-9-20(3)26(23)31-25/h6-11,16-18H,5,12-15H2,1-4H3. The van der Waals surface area contributed by atoms with Crippen LogP contribution in [-0.4, -0.2) is 53.7 Å². The van der Waals surface area contributed by atoms with E-state index in [4.69, 9.17) is 14.7 Å². The van der Waals surface area contributed by atoms with Crippen molar-refractivity contribution >= 4 is 28.5 Å². The Bertz CT molecular complexity index is 1430. The summed E-state index contributed by atoms with van der Waals surface area (Å²) in [5.74, 6) is 1.82. The van der Waals surface area contributed by atoms with Gasteiger partial charge in [0.2, 0.25) is 0 Å². The highest BCUT2D eigenvalue weighted by Crippen LogP contribution is 2.28. The molecule has 1 saturated heterocycles. The number of rotatable bonds is 5. The summed E-state index contributed by atoms with van der Waals surface area (Å²) in [5, 5.41) is 1.20. The summed E-state index contributed by atoms with van der Waals surface area (Å²) < 4.78 is 5.31. The molecule has 1 aliphatic heterocycles. The van der Waals surface area contributed by atoms with E-state index in [0.29, 0.717) is 36.9 Å². The van der Waals surface area contributed by atoms with Crippen molar-refractivity contribution in [1.82, 2.24) is 15.0 Å². The van der Waals surface area contributed by atoms with Gasteiger partial charge in [-0.15, -0.1) is 0 Å². The van der Waals surface area contributed by atoms with E-state index in [1.54, 1.807) is 13.1 Å². The second-order valence-electron chi connectivity index (χ2n) is 9.26. The molecule has 4 aromatic rings. The minimum Gasteiger partial charge on any atom is -0.462 e. The Morgan fingerprint density at radius 1 is 0.917 bits per heavy atom. The summed E-state index contributed by atoms with van der Waals surface area (Å²) in [6.45, 7) is 11.4. The monoisotopic (exact) mass is 481 g/mol. The van der Waals surface area contributed by atoms with E-state index in [1.165, 1.54) is 16.5 Å². The predicted octanol–water partition coefficient (Wildman–Crippen LogP) is 5.12. The van der Waals surface area contributed by atoms with Crippen LogP contribution >= 0.6 is 0 Å². The van der Waals surface area contributed by atoms with Gasteiger partial charge in [-0.2, -0.15) is 0 Å². The lowest BCUT2D eigenvalue weighted by Gasteiger charge is -2.37. The van der Waals surface area contributed by atoms with Gasteiger partial charge in [-0.1, -0.05) is 42.0 Å². The zero-order valence-electron chi connectivity index (χ0n) is 21.3. The van der Waals surface area contributed by atoms with E-state index in [1.807, 2.05) is 25.1 Å². The number of fused-ring (bicyclic) bond motifs is 1. The number of ether oxygens (including phenoxy) is 1. The van der Waals surface area contributed by atoms with Crippen molar-refractivity contribution in [1.29, 1.82) is 0 Å². The first-order valence-electron chi connectivity index (χ1n) is 12.4. The van der Waals surface area contributed by atoms with Crippen LogP contribution in [0.15, 0.2) is 54.7 Å². The molecular weight excluding hydrogens is 450 g/mol. The largest absolute Gasteiger partial charge is 0.462 e. The number of piperazine rings is 1. The Balaban J connectivity index is 1.43. The lowest BCUT2D eigenvalue weighted by molar-refractivity contribution is 0.0526. The Morgan fingerprint density at radius 2 is 1.67 bits per heavy atom. The Morgan fingerprint density at radius 3 is 2.42 bits per heavy atom. The van der Waals surface area contributed by atoms with Crippen molar-refractivity contribution in [2.75, 3.05) is 42.6 Å². The number of aromatic nitrogens is 3. The number of hydrogen-bond donors (Lipinski definition) is 0. The first kappa shape index (κ1) is 23.7. The highest BCUT2D eigenvalue weighted by molar-refractivity contribution is 5.95. The van der Waals surface area contributed by atoms with Gasteiger partial charge in [0.15, 0.2) is 5.82 Å². The fraction of sp³-hybridized carbons (Fsp3) is 0.310. The SMILES string of the molecule is CCOC(=O)c1cnc(-c2cccc(C)c2)nc1N1CCN(c2cc(C)c3cccc(C)c3n2)CC1. The van der Waals surface area contributed by atoms with Crippen LogP contribution in [-0.2, 0) is 4.74 Å². The topological polar surface area (TPSA) is 71.5 Å². The van der Waals surface area contributed by atoms with Gasteiger partial charge in [0.1, 0.15) is 17.2 Å². The van der Waals surface area contributed by atoms with Gasteiger partial charge in [0, 0.05) is 43.3 Å². The van der Waals surface area contributed by atoms with Crippen LogP contribution < -0.4 is 9.80 Å². The van der Waals surface area contributed by atoms with Crippen LogP contribution in [0, 0.1) is 20.8 Å². The molecule has 2 aromatic heterocycles. The zero-order chi connectivity index (χ0) is 25.2. The Hall–Kier alpha value is -4.00. The minimum atomic E-state index is -0.395. The highest BCUT2D eigenvalue weighted by Gasteiger charge is 2.26. The van der Waals surface area contributed by atoms with Crippen molar-refractivity contribution in [2.45, 2.75) is 27.7 Å². The molecule has 0 spiro atoms. The molecule has 0 aliphatic carbocycles. The van der Waals surface area contributed by atoms with Crippen molar-refractivity contribution in [2.24, 2.45) is 0 Å². The van der Waals surface area contributed by atoms with Gasteiger partial charge in [-0.25, -0.2) is 19.7 Å². The number of para-hydroxylation sites is 1. The number of esters is 1. The van der Waals surface area contributed by atoms with E-state index >= 15 is 0 Å². The van der Waals surface area contributed by atoms with Crippen LogP contribution in [0.1, 0.15) is 34.0 Å². The Labute approximate surface area is 211 Å². The number of nitrogens with zero attached hydrogens (tertiary/aromatic N) is 5. The first-order chi connectivity index (χ1) is 17.4. The summed E-state index contributed by atoms with van der Waals surface area (Å²) in [6.07, 6.45) is 1.60. The average Bonchev–Trinajstić information content (AvgIpc) is 2.89. The molecule has 0 atom stereocenters. The molecule has 0 saturated carbocycles. The molecule has 3 heterocycles. The van der Waals surface area contributed by atoms with Gasteiger partial charge >= 0.3 is 5.97 Å². The van der Waals surface area contributed by atoms with Gasteiger partial charge in [0.05, 0.1) is 12.1 Å². The Kier molecular flexibility index (Phi) is 6.55. The number of anilines is 2. The second-order valence-corrected chi connectivity index (χ2v) is 9.26. The molecule has 1 fully saturated rings. The van der Waals surface area contributed by atoms with Crippen LogP contribution in [0.2, 0.25) is 0 Å². The fourth-order valence-electron chi connectivity index (χ4n) is 4.74. The first-order valence-corrected chi connectivity index (χ1v) is 12.4. The third-order valence-electron chi connectivity index (χ3n) is 6.68. The number of carbonyl (C=O) groups is 1. The lowest BCUT2D eigenvalue weighted by atomic mass is 10.1. The fourth-order valence-corrected chi connectivity index (χ4v) is 4.74.